The van der Waals surface area contributed by atoms with Gasteiger partial charge in [-0.25, -0.2) is 0 Å². The number of aliphatic imine (C=N–C) groups is 1. The van der Waals surface area contributed by atoms with Crippen molar-refractivity contribution < 1.29 is 5.11 Å². The number of benzene rings is 1. The van der Waals surface area contributed by atoms with Gasteiger partial charge in [-0.15, -0.1) is 0 Å². The fourth-order valence-corrected chi connectivity index (χ4v) is 2.59. The van der Waals surface area contributed by atoms with E-state index in [1.165, 1.54) is 0 Å². The van der Waals surface area contributed by atoms with E-state index in [0.717, 1.165) is 22.6 Å². The van der Waals surface area contributed by atoms with E-state index in [2.05, 4.69) is 63.1 Å². The van der Waals surface area contributed by atoms with Gasteiger partial charge in [0, 0.05) is 12.6 Å². The Bertz CT molecular complexity index is 770. The molecule has 0 spiro atoms. The molecule has 2 rings (SSSR count). The number of nitrogens with zero attached hydrogens (tertiary/aromatic N) is 2. The Morgan fingerprint density at radius 2 is 1.48 bits per heavy atom. The van der Waals surface area contributed by atoms with Crippen LogP contribution < -0.4 is 5.43 Å². The molecule has 4 nitrogen and oxygen atoms in total. The van der Waals surface area contributed by atoms with E-state index in [1.54, 1.807) is 7.05 Å². The van der Waals surface area contributed by atoms with E-state index in [0.29, 0.717) is 5.69 Å². The molecule has 2 N–H and O–H groups in total. The summed E-state index contributed by atoms with van der Waals surface area (Å²) in [6, 6.07) is 4.07. The number of hydrogen-bond donors (Lipinski definition) is 2. The smallest absolute Gasteiger partial charge is 0.144 e. The summed E-state index contributed by atoms with van der Waals surface area (Å²) >= 11 is 0. The predicted octanol–water partition coefficient (Wildman–Crippen LogP) is 4.95. The SMILES string of the molecule is C/N=C1/C=CC=C/C1=N/Nc1cc(C(C)(C)C)cc(C(C)(C)C)c1O. The molecule has 0 aromatic heterocycles. The molecule has 0 unspecified atom stereocenters. The summed E-state index contributed by atoms with van der Waals surface area (Å²) in [6.07, 6.45) is 7.65. The van der Waals surface area contributed by atoms with E-state index in [9.17, 15) is 5.11 Å². The predicted molar refractivity (Wildman–Crippen MR) is 108 cm³/mol. The Labute approximate surface area is 151 Å². The zero-order valence-electron chi connectivity index (χ0n) is 16.3. The second kappa shape index (κ2) is 6.87. The molecule has 1 aromatic rings. The molecule has 1 aliphatic carbocycles. The van der Waals surface area contributed by atoms with E-state index in [4.69, 9.17) is 0 Å². The molecular weight excluding hydrogens is 310 g/mol. The molecule has 0 heterocycles. The number of rotatable bonds is 2. The van der Waals surface area contributed by atoms with Gasteiger partial charge in [-0.1, -0.05) is 59.8 Å². The van der Waals surface area contributed by atoms with Crippen molar-refractivity contribution in [3.8, 4) is 5.75 Å². The molecule has 1 aromatic carbocycles. The number of nitrogens with one attached hydrogen (secondary N) is 1. The number of anilines is 1. The maximum Gasteiger partial charge on any atom is 0.144 e. The Morgan fingerprint density at radius 1 is 0.880 bits per heavy atom. The van der Waals surface area contributed by atoms with Crippen LogP contribution in [0, 0.1) is 0 Å². The van der Waals surface area contributed by atoms with Crippen LogP contribution in [-0.4, -0.2) is 23.6 Å². The number of hydrazone groups is 1. The number of allylic oxidation sites excluding steroid dienone is 4. The minimum atomic E-state index is -0.168. The first-order chi connectivity index (χ1) is 11.5. The van der Waals surface area contributed by atoms with Crippen LogP contribution in [-0.2, 0) is 10.8 Å². The quantitative estimate of drug-likeness (QED) is 0.455. The zero-order valence-corrected chi connectivity index (χ0v) is 16.3. The van der Waals surface area contributed by atoms with E-state index < -0.39 is 0 Å². The topological polar surface area (TPSA) is 57.0 Å². The minimum absolute atomic E-state index is 0.0270. The van der Waals surface area contributed by atoms with Crippen molar-refractivity contribution in [3.05, 3.63) is 47.6 Å². The molecule has 0 bridgehead atoms. The van der Waals surface area contributed by atoms with Crippen molar-refractivity contribution in [1.29, 1.82) is 0 Å². The Kier molecular flexibility index (Phi) is 5.21. The monoisotopic (exact) mass is 339 g/mol. The summed E-state index contributed by atoms with van der Waals surface area (Å²) in [6.45, 7) is 12.8. The summed E-state index contributed by atoms with van der Waals surface area (Å²) in [4.78, 5) is 4.22. The molecule has 0 amide bonds. The zero-order chi connectivity index (χ0) is 18.8. The molecule has 0 radical (unpaired) electrons. The van der Waals surface area contributed by atoms with Gasteiger partial charge in [-0.3, -0.25) is 10.4 Å². The third-order valence-electron chi connectivity index (χ3n) is 4.20. The van der Waals surface area contributed by atoms with Crippen LogP contribution in [0.15, 0.2) is 46.5 Å². The van der Waals surface area contributed by atoms with Crippen LogP contribution in [0.3, 0.4) is 0 Å². The second-order valence-electron chi connectivity index (χ2n) is 8.36. The first-order valence-electron chi connectivity index (χ1n) is 8.57. The van der Waals surface area contributed by atoms with Crippen molar-refractivity contribution in [2.24, 2.45) is 10.1 Å². The molecule has 134 valence electrons. The van der Waals surface area contributed by atoms with Crippen molar-refractivity contribution in [1.82, 2.24) is 0 Å². The largest absolute Gasteiger partial charge is 0.505 e. The highest BCUT2D eigenvalue weighted by atomic mass is 16.3. The van der Waals surface area contributed by atoms with Crippen LogP contribution in [0.1, 0.15) is 52.7 Å². The van der Waals surface area contributed by atoms with Crippen LogP contribution in [0.25, 0.3) is 0 Å². The van der Waals surface area contributed by atoms with Crippen LogP contribution >= 0.6 is 0 Å². The lowest BCUT2D eigenvalue weighted by Gasteiger charge is -2.27. The van der Waals surface area contributed by atoms with Gasteiger partial charge in [0.1, 0.15) is 11.5 Å². The van der Waals surface area contributed by atoms with Gasteiger partial charge in [0.05, 0.1) is 11.4 Å². The Hall–Kier alpha value is -2.36. The lowest BCUT2D eigenvalue weighted by molar-refractivity contribution is 0.446. The maximum absolute atomic E-state index is 10.8. The highest BCUT2D eigenvalue weighted by Gasteiger charge is 2.25. The van der Waals surface area contributed by atoms with E-state index in [-0.39, 0.29) is 16.6 Å². The van der Waals surface area contributed by atoms with Crippen molar-refractivity contribution in [3.63, 3.8) is 0 Å². The van der Waals surface area contributed by atoms with Crippen LogP contribution in [0.5, 0.6) is 5.75 Å². The van der Waals surface area contributed by atoms with Gasteiger partial charge in [0.15, 0.2) is 0 Å². The highest BCUT2D eigenvalue weighted by molar-refractivity contribution is 6.51. The van der Waals surface area contributed by atoms with Gasteiger partial charge < -0.3 is 5.11 Å². The first kappa shape index (κ1) is 19.0. The Balaban J connectivity index is 2.50. The molecule has 0 atom stereocenters. The lowest BCUT2D eigenvalue weighted by atomic mass is 9.80. The summed E-state index contributed by atoms with van der Waals surface area (Å²) in [7, 11) is 1.74. The fraction of sp³-hybridized carbons (Fsp3) is 0.429. The average molecular weight is 339 g/mol. The summed E-state index contributed by atoms with van der Waals surface area (Å²) in [5.74, 6) is 0.246. The summed E-state index contributed by atoms with van der Waals surface area (Å²) in [5.41, 5.74) is 7.07. The van der Waals surface area contributed by atoms with Crippen LogP contribution in [0.4, 0.5) is 5.69 Å². The average Bonchev–Trinajstić information content (AvgIpc) is 2.51. The van der Waals surface area contributed by atoms with Gasteiger partial charge in [-0.2, -0.15) is 5.10 Å². The summed E-state index contributed by atoms with van der Waals surface area (Å²) < 4.78 is 0. The fourth-order valence-electron chi connectivity index (χ4n) is 2.59. The molecular formula is C21H29N3O. The highest BCUT2D eigenvalue weighted by Crippen LogP contribution is 2.40. The minimum Gasteiger partial charge on any atom is -0.505 e. The van der Waals surface area contributed by atoms with Crippen molar-refractivity contribution >= 4 is 17.1 Å². The van der Waals surface area contributed by atoms with E-state index >= 15 is 0 Å². The second-order valence-corrected chi connectivity index (χ2v) is 8.36. The number of phenols is 1. The third kappa shape index (κ3) is 4.38. The Morgan fingerprint density at radius 3 is 2.00 bits per heavy atom. The van der Waals surface area contributed by atoms with Crippen molar-refractivity contribution in [2.75, 3.05) is 12.5 Å². The molecule has 4 heteroatoms. The first-order valence-corrected chi connectivity index (χ1v) is 8.57. The molecule has 0 saturated heterocycles. The molecule has 0 saturated carbocycles. The third-order valence-corrected chi connectivity index (χ3v) is 4.20. The molecule has 1 aliphatic rings. The summed E-state index contributed by atoms with van der Waals surface area (Å²) in [5, 5.41) is 15.2. The van der Waals surface area contributed by atoms with Gasteiger partial charge >= 0.3 is 0 Å². The molecule has 0 fully saturated rings. The van der Waals surface area contributed by atoms with Gasteiger partial charge in [-0.05, 0) is 34.6 Å². The number of phenolic OH excluding ortho intramolecular Hbond substituents is 1. The lowest BCUT2D eigenvalue weighted by Crippen LogP contribution is -2.18. The van der Waals surface area contributed by atoms with Crippen molar-refractivity contribution in [2.45, 2.75) is 52.4 Å². The van der Waals surface area contributed by atoms with E-state index in [1.807, 2.05) is 30.4 Å². The number of hydrogen-bond acceptors (Lipinski definition) is 4. The normalized spacial score (nSPS) is 18.2. The maximum atomic E-state index is 10.8. The standard InChI is InChI=1S/C21H29N3O/c1-20(2,3)14-12-15(21(4,5)6)19(25)18(13-14)24-23-17-11-9-8-10-16(17)22-7/h8-13,24-25H,1-7H3/b22-16-,23-17-. The molecule has 0 aliphatic heterocycles. The number of aromatic hydroxyl groups is 1. The van der Waals surface area contributed by atoms with Crippen LogP contribution in [0.2, 0.25) is 0 Å². The van der Waals surface area contributed by atoms with Gasteiger partial charge in [0.2, 0.25) is 0 Å². The van der Waals surface area contributed by atoms with Gasteiger partial charge in [0.25, 0.3) is 0 Å². The molecule has 25 heavy (non-hydrogen) atoms.